The van der Waals surface area contributed by atoms with Crippen molar-refractivity contribution in [1.82, 2.24) is 19.6 Å². The zero-order valence-electron chi connectivity index (χ0n) is 15.6. The highest BCUT2D eigenvalue weighted by atomic mass is 16.2. The molecule has 1 aromatic rings. The van der Waals surface area contributed by atoms with Crippen molar-refractivity contribution in [2.24, 2.45) is 0 Å². The van der Waals surface area contributed by atoms with Crippen LogP contribution in [-0.2, 0) is 11.3 Å². The molecule has 0 unspecified atom stereocenters. The smallest absolute Gasteiger partial charge is 0.224 e. The maximum absolute atomic E-state index is 12.5. The average molecular weight is 334 g/mol. The zero-order chi connectivity index (χ0) is 17.9. The Morgan fingerprint density at radius 3 is 2.50 bits per heavy atom. The maximum atomic E-state index is 12.5. The highest BCUT2D eigenvalue weighted by Crippen LogP contribution is 2.17. The van der Waals surface area contributed by atoms with Gasteiger partial charge in [0.05, 0.1) is 11.3 Å². The molecule has 1 saturated heterocycles. The number of hydrogen-bond acceptors (Lipinski definition) is 4. The molecule has 0 bridgehead atoms. The van der Waals surface area contributed by atoms with Crippen molar-refractivity contribution < 1.29 is 9.59 Å². The summed E-state index contributed by atoms with van der Waals surface area (Å²) in [6.45, 7) is 7.51. The fraction of sp³-hybridized carbons (Fsp3) is 0.722. The van der Waals surface area contributed by atoms with E-state index in [0.29, 0.717) is 24.6 Å². The molecule has 6 nitrogen and oxygen atoms in total. The molecule has 1 aliphatic rings. The first-order valence-electron chi connectivity index (χ1n) is 8.80. The lowest BCUT2D eigenvalue weighted by Crippen LogP contribution is -2.34. The molecular weight excluding hydrogens is 304 g/mol. The van der Waals surface area contributed by atoms with Crippen LogP contribution in [0.2, 0.25) is 0 Å². The molecule has 0 N–H and O–H groups in total. The molecule has 2 rings (SSSR count). The molecule has 0 saturated carbocycles. The number of carbonyl (C=O) groups excluding carboxylic acids is 2. The minimum Gasteiger partial charge on any atom is -0.343 e. The van der Waals surface area contributed by atoms with E-state index in [-0.39, 0.29) is 11.7 Å². The van der Waals surface area contributed by atoms with Gasteiger partial charge in [0.25, 0.3) is 0 Å². The van der Waals surface area contributed by atoms with Crippen LogP contribution in [0.1, 0.15) is 54.4 Å². The molecule has 0 aromatic carbocycles. The number of amides is 1. The van der Waals surface area contributed by atoms with E-state index in [9.17, 15) is 9.59 Å². The molecule has 1 amide bonds. The summed E-state index contributed by atoms with van der Waals surface area (Å²) < 4.78 is 1.80. The third-order valence-corrected chi connectivity index (χ3v) is 5.05. The van der Waals surface area contributed by atoms with E-state index in [1.807, 2.05) is 18.7 Å². The lowest BCUT2D eigenvalue weighted by Gasteiger charge is -2.23. The molecule has 1 fully saturated rings. The number of Topliss-reactive ketones (excluding diaryl/α,β-unsaturated/α-hetero) is 1. The van der Waals surface area contributed by atoms with Gasteiger partial charge in [0.15, 0.2) is 5.78 Å². The largest absolute Gasteiger partial charge is 0.343 e. The molecule has 2 heterocycles. The molecule has 1 aliphatic heterocycles. The first-order valence-corrected chi connectivity index (χ1v) is 8.80. The van der Waals surface area contributed by atoms with Crippen LogP contribution >= 0.6 is 0 Å². The standard InChI is InChI=1S/C18H30N4O2/c1-13-18(15(3)23)14(2)22(19-13)12-9-17(24)21-10-6-7-16(8-11-21)20(4)5/h16H,6-12H2,1-5H3/t16-/m0/s1. The summed E-state index contributed by atoms with van der Waals surface area (Å²) in [4.78, 5) is 28.5. The maximum Gasteiger partial charge on any atom is 0.224 e. The SMILES string of the molecule is CC(=O)c1c(C)nn(CCC(=O)N2CCC[C@H](N(C)C)CC2)c1C. The highest BCUT2D eigenvalue weighted by molar-refractivity contribution is 5.96. The van der Waals surface area contributed by atoms with Gasteiger partial charge in [0.2, 0.25) is 5.91 Å². The fourth-order valence-electron chi connectivity index (χ4n) is 3.63. The van der Waals surface area contributed by atoms with Gasteiger partial charge in [-0.15, -0.1) is 0 Å². The zero-order valence-corrected chi connectivity index (χ0v) is 15.6. The van der Waals surface area contributed by atoms with Crippen LogP contribution in [0.5, 0.6) is 0 Å². The Morgan fingerprint density at radius 1 is 1.21 bits per heavy atom. The molecular formula is C18H30N4O2. The number of likely N-dealkylation sites (tertiary alicyclic amines) is 1. The second-order valence-corrected chi connectivity index (χ2v) is 7.00. The summed E-state index contributed by atoms with van der Waals surface area (Å²) in [5.74, 6) is 0.219. The molecule has 24 heavy (non-hydrogen) atoms. The number of rotatable bonds is 5. The summed E-state index contributed by atoms with van der Waals surface area (Å²) in [5.41, 5.74) is 2.29. The van der Waals surface area contributed by atoms with Crippen molar-refractivity contribution in [3.05, 3.63) is 17.0 Å². The van der Waals surface area contributed by atoms with Crippen LogP contribution in [-0.4, -0.2) is 64.5 Å². The Hall–Kier alpha value is -1.69. The summed E-state index contributed by atoms with van der Waals surface area (Å²) >= 11 is 0. The van der Waals surface area contributed by atoms with E-state index in [2.05, 4.69) is 24.1 Å². The van der Waals surface area contributed by atoms with Gasteiger partial charge in [-0.1, -0.05) is 0 Å². The number of aromatic nitrogens is 2. The van der Waals surface area contributed by atoms with Crippen LogP contribution in [0, 0.1) is 13.8 Å². The normalized spacial score (nSPS) is 18.8. The third kappa shape index (κ3) is 4.23. The van der Waals surface area contributed by atoms with Crippen molar-refractivity contribution >= 4 is 11.7 Å². The predicted octanol–water partition coefficient (Wildman–Crippen LogP) is 2.04. The van der Waals surface area contributed by atoms with Crippen LogP contribution in [0.3, 0.4) is 0 Å². The minimum atomic E-state index is 0.0322. The Labute approximate surface area is 144 Å². The summed E-state index contributed by atoms with van der Waals surface area (Å²) in [6.07, 6.45) is 3.68. The number of ketones is 1. The summed E-state index contributed by atoms with van der Waals surface area (Å²) in [5, 5.41) is 4.42. The van der Waals surface area contributed by atoms with Gasteiger partial charge in [-0.25, -0.2) is 0 Å². The fourth-order valence-corrected chi connectivity index (χ4v) is 3.63. The second-order valence-electron chi connectivity index (χ2n) is 7.00. The first kappa shape index (κ1) is 18.6. The summed E-state index contributed by atoms with van der Waals surface area (Å²) in [7, 11) is 4.22. The first-order chi connectivity index (χ1) is 11.3. The van der Waals surface area contributed by atoms with Crippen molar-refractivity contribution in [2.75, 3.05) is 27.2 Å². The van der Waals surface area contributed by atoms with Gasteiger partial charge in [-0.2, -0.15) is 5.10 Å². The number of aryl methyl sites for hydroxylation is 2. The van der Waals surface area contributed by atoms with Gasteiger partial charge in [0.1, 0.15) is 0 Å². The quantitative estimate of drug-likeness (QED) is 0.773. The third-order valence-electron chi connectivity index (χ3n) is 5.05. The van der Waals surface area contributed by atoms with E-state index in [4.69, 9.17) is 0 Å². The van der Waals surface area contributed by atoms with Crippen molar-refractivity contribution in [3.63, 3.8) is 0 Å². The van der Waals surface area contributed by atoms with Gasteiger partial charge < -0.3 is 9.80 Å². The molecule has 0 radical (unpaired) electrons. The molecule has 1 atom stereocenters. The lowest BCUT2D eigenvalue weighted by atomic mass is 10.1. The Bertz CT molecular complexity index is 606. The van der Waals surface area contributed by atoms with Gasteiger partial charge in [-0.3, -0.25) is 14.3 Å². The lowest BCUT2D eigenvalue weighted by molar-refractivity contribution is -0.131. The van der Waals surface area contributed by atoms with E-state index in [1.165, 1.54) is 0 Å². The molecule has 0 spiro atoms. The number of nitrogens with zero attached hydrogens (tertiary/aromatic N) is 4. The monoisotopic (exact) mass is 334 g/mol. The highest BCUT2D eigenvalue weighted by Gasteiger charge is 2.22. The Balaban J connectivity index is 1.94. The van der Waals surface area contributed by atoms with Crippen LogP contribution in [0.25, 0.3) is 0 Å². The number of hydrogen-bond donors (Lipinski definition) is 0. The second kappa shape index (κ2) is 7.92. The predicted molar refractivity (Wildman–Crippen MR) is 94.2 cm³/mol. The minimum absolute atomic E-state index is 0.0322. The topological polar surface area (TPSA) is 58.4 Å². The van der Waals surface area contributed by atoms with Gasteiger partial charge in [0, 0.05) is 37.8 Å². The molecule has 0 aliphatic carbocycles. The number of carbonyl (C=O) groups is 2. The van der Waals surface area contributed by atoms with E-state index in [1.54, 1.807) is 11.6 Å². The van der Waals surface area contributed by atoms with Crippen LogP contribution in [0.4, 0.5) is 0 Å². The Morgan fingerprint density at radius 2 is 1.92 bits per heavy atom. The van der Waals surface area contributed by atoms with Crippen LogP contribution < -0.4 is 0 Å². The van der Waals surface area contributed by atoms with Crippen LogP contribution in [0.15, 0.2) is 0 Å². The van der Waals surface area contributed by atoms with Crippen molar-refractivity contribution in [1.29, 1.82) is 0 Å². The van der Waals surface area contributed by atoms with E-state index >= 15 is 0 Å². The Kier molecular flexibility index (Phi) is 6.15. The van der Waals surface area contributed by atoms with Gasteiger partial charge >= 0.3 is 0 Å². The van der Waals surface area contributed by atoms with Gasteiger partial charge in [-0.05, 0) is 54.1 Å². The average Bonchev–Trinajstić information content (AvgIpc) is 2.68. The van der Waals surface area contributed by atoms with Crippen molar-refractivity contribution in [3.8, 4) is 0 Å². The summed E-state index contributed by atoms with van der Waals surface area (Å²) in [6, 6.07) is 0.567. The van der Waals surface area contributed by atoms with E-state index < -0.39 is 0 Å². The molecule has 6 heteroatoms. The molecule has 134 valence electrons. The molecule has 1 aromatic heterocycles. The van der Waals surface area contributed by atoms with E-state index in [0.717, 1.165) is 43.7 Å². The van der Waals surface area contributed by atoms with Crippen molar-refractivity contribution in [2.45, 2.75) is 59.0 Å².